The largest absolute Gasteiger partial charge is 0.317 e. The monoisotopic (exact) mass is 300 g/mol. The second kappa shape index (κ2) is 8.01. The van der Waals surface area contributed by atoms with E-state index in [0.29, 0.717) is 0 Å². The molecule has 0 radical (unpaired) electrons. The smallest absolute Gasteiger partial charge is 0.0823 e. The van der Waals surface area contributed by atoms with Crippen molar-refractivity contribution in [2.75, 3.05) is 33.7 Å². The first kappa shape index (κ1) is 17.5. The van der Waals surface area contributed by atoms with Crippen LogP contribution in [-0.4, -0.2) is 48.4 Å². The Kier molecular flexibility index (Phi) is 7.00. The Morgan fingerprint density at radius 2 is 2.05 bits per heavy atom. The van der Waals surface area contributed by atoms with E-state index in [1.807, 2.05) is 0 Å². The number of hydrogen-bond acceptors (Lipinski definition) is 3. The van der Waals surface area contributed by atoms with Crippen LogP contribution in [0.3, 0.4) is 0 Å². The number of rotatable bonds is 9. The van der Waals surface area contributed by atoms with Gasteiger partial charge in [-0.2, -0.15) is 5.10 Å². The molecule has 0 aliphatic carbocycles. The number of hydrogen-bond donors (Lipinski definition) is 1. The topological polar surface area (TPSA) is 33.1 Å². The Morgan fingerprint density at radius 3 is 2.65 bits per heavy atom. The zero-order chi connectivity index (χ0) is 15.2. The molecule has 1 aromatic rings. The van der Waals surface area contributed by atoms with Crippen LogP contribution in [0.5, 0.6) is 0 Å². The van der Waals surface area contributed by atoms with Crippen molar-refractivity contribution in [3.05, 3.63) is 16.9 Å². The number of aromatic nitrogens is 2. The predicted molar refractivity (Wildman–Crippen MR) is 86.6 cm³/mol. The Bertz CT molecular complexity index is 399. The average Bonchev–Trinajstić information content (AvgIpc) is 2.74. The van der Waals surface area contributed by atoms with Gasteiger partial charge in [0.2, 0.25) is 0 Å². The van der Waals surface area contributed by atoms with Gasteiger partial charge in [-0.05, 0) is 40.0 Å². The van der Waals surface area contributed by atoms with Crippen LogP contribution >= 0.6 is 11.6 Å². The number of likely N-dealkylation sites (N-methyl/N-ethyl adjacent to an activating group) is 1. The summed E-state index contributed by atoms with van der Waals surface area (Å²) in [6.45, 7) is 10.6. The van der Waals surface area contributed by atoms with Crippen LogP contribution < -0.4 is 5.32 Å². The molecule has 0 spiro atoms. The van der Waals surface area contributed by atoms with E-state index in [-0.39, 0.29) is 5.41 Å². The molecule has 116 valence electrons. The maximum atomic E-state index is 6.37. The van der Waals surface area contributed by atoms with Crippen LogP contribution in [0.15, 0.2) is 6.20 Å². The van der Waals surface area contributed by atoms with Crippen molar-refractivity contribution in [1.82, 2.24) is 20.0 Å². The third-order valence-corrected chi connectivity index (χ3v) is 3.83. The summed E-state index contributed by atoms with van der Waals surface area (Å²) in [5.74, 6) is 0. The summed E-state index contributed by atoms with van der Waals surface area (Å²) in [6.07, 6.45) is 4.00. The van der Waals surface area contributed by atoms with Crippen molar-refractivity contribution in [3.63, 3.8) is 0 Å². The number of nitrogens with one attached hydrogen (secondary N) is 1. The van der Waals surface area contributed by atoms with Crippen LogP contribution in [-0.2, 0) is 12.0 Å². The molecule has 0 fully saturated rings. The van der Waals surface area contributed by atoms with Crippen LogP contribution in [0, 0.1) is 0 Å². The summed E-state index contributed by atoms with van der Waals surface area (Å²) in [5.41, 5.74) is 1.18. The van der Waals surface area contributed by atoms with Gasteiger partial charge in [0, 0.05) is 12.0 Å². The van der Waals surface area contributed by atoms with Crippen molar-refractivity contribution < 1.29 is 0 Å². The molecular weight excluding hydrogens is 272 g/mol. The molecule has 0 aliphatic rings. The lowest BCUT2D eigenvalue weighted by atomic mass is 9.85. The lowest BCUT2D eigenvalue weighted by molar-refractivity contribution is 0.350. The van der Waals surface area contributed by atoms with Gasteiger partial charge >= 0.3 is 0 Å². The van der Waals surface area contributed by atoms with Gasteiger partial charge < -0.3 is 10.2 Å². The highest BCUT2D eigenvalue weighted by Gasteiger charge is 2.27. The van der Waals surface area contributed by atoms with Crippen molar-refractivity contribution >= 4 is 11.6 Å². The molecule has 20 heavy (non-hydrogen) atoms. The van der Waals surface area contributed by atoms with E-state index in [0.717, 1.165) is 43.3 Å². The van der Waals surface area contributed by atoms with Gasteiger partial charge in [0.15, 0.2) is 0 Å². The summed E-state index contributed by atoms with van der Waals surface area (Å²) in [6, 6.07) is 0. The molecule has 0 aromatic carbocycles. The van der Waals surface area contributed by atoms with Gasteiger partial charge in [0.05, 0.1) is 23.5 Å². The standard InChI is InChI=1S/C15H29ClN4/c1-6-8-17-9-7-15(2,3)14-13(16)12-18-20(14)11-10-19(4)5/h12,17H,6-11H2,1-5H3. The Hall–Kier alpha value is -0.580. The second-order valence-corrected chi connectivity index (χ2v) is 6.66. The summed E-state index contributed by atoms with van der Waals surface area (Å²) in [5, 5.41) is 8.68. The molecule has 0 atom stereocenters. The molecule has 0 unspecified atom stereocenters. The Labute approximate surface area is 128 Å². The van der Waals surface area contributed by atoms with E-state index in [1.165, 1.54) is 6.42 Å². The lowest BCUT2D eigenvalue weighted by Crippen LogP contribution is -2.30. The van der Waals surface area contributed by atoms with Gasteiger partial charge in [-0.1, -0.05) is 32.4 Å². The molecule has 0 aliphatic heterocycles. The minimum absolute atomic E-state index is 0.0284. The van der Waals surface area contributed by atoms with E-state index >= 15 is 0 Å². The lowest BCUT2D eigenvalue weighted by Gasteiger charge is -2.27. The third kappa shape index (κ3) is 5.08. The van der Waals surface area contributed by atoms with Crippen molar-refractivity contribution in [1.29, 1.82) is 0 Å². The molecule has 1 rings (SSSR count). The van der Waals surface area contributed by atoms with E-state index < -0.39 is 0 Å². The maximum Gasteiger partial charge on any atom is 0.0823 e. The summed E-state index contributed by atoms with van der Waals surface area (Å²) in [7, 11) is 4.15. The maximum absolute atomic E-state index is 6.37. The molecule has 4 nitrogen and oxygen atoms in total. The molecular formula is C15H29ClN4. The van der Waals surface area contributed by atoms with Crippen molar-refractivity contribution in [3.8, 4) is 0 Å². The van der Waals surface area contributed by atoms with Crippen molar-refractivity contribution in [2.45, 2.75) is 45.6 Å². The zero-order valence-electron chi connectivity index (χ0n) is 13.5. The van der Waals surface area contributed by atoms with Crippen LogP contribution in [0.1, 0.15) is 39.3 Å². The van der Waals surface area contributed by atoms with Crippen molar-refractivity contribution in [2.24, 2.45) is 0 Å². The fourth-order valence-corrected chi connectivity index (χ4v) is 2.72. The van der Waals surface area contributed by atoms with Gasteiger partial charge in [-0.25, -0.2) is 0 Å². The summed E-state index contributed by atoms with van der Waals surface area (Å²) in [4.78, 5) is 2.16. The van der Waals surface area contributed by atoms with Gasteiger partial charge in [0.1, 0.15) is 0 Å². The average molecular weight is 301 g/mol. The molecule has 0 amide bonds. The van der Waals surface area contributed by atoms with Crippen LogP contribution in [0.2, 0.25) is 5.02 Å². The van der Waals surface area contributed by atoms with Gasteiger partial charge in [-0.15, -0.1) is 0 Å². The number of halogens is 1. The second-order valence-electron chi connectivity index (χ2n) is 6.25. The van der Waals surface area contributed by atoms with Gasteiger partial charge in [-0.3, -0.25) is 4.68 Å². The Balaban J connectivity index is 2.73. The summed E-state index contributed by atoms with van der Waals surface area (Å²) >= 11 is 6.37. The van der Waals surface area contributed by atoms with Gasteiger partial charge in [0.25, 0.3) is 0 Å². The SMILES string of the molecule is CCCNCCC(C)(C)c1c(Cl)cnn1CCN(C)C. The zero-order valence-corrected chi connectivity index (χ0v) is 14.3. The highest BCUT2D eigenvalue weighted by Crippen LogP contribution is 2.32. The minimum Gasteiger partial charge on any atom is -0.317 e. The fraction of sp³-hybridized carbons (Fsp3) is 0.800. The van der Waals surface area contributed by atoms with E-state index in [9.17, 15) is 0 Å². The van der Waals surface area contributed by atoms with Crippen LogP contribution in [0.4, 0.5) is 0 Å². The molecule has 5 heteroatoms. The highest BCUT2D eigenvalue weighted by atomic mass is 35.5. The molecule has 1 heterocycles. The third-order valence-electron chi connectivity index (χ3n) is 3.55. The Morgan fingerprint density at radius 1 is 1.35 bits per heavy atom. The number of nitrogens with zero attached hydrogens (tertiary/aromatic N) is 3. The first-order valence-electron chi connectivity index (χ1n) is 7.45. The molecule has 0 bridgehead atoms. The van der Waals surface area contributed by atoms with E-state index in [1.54, 1.807) is 6.20 Å². The molecule has 1 aromatic heterocycles. The molecule has 1 N–H and O–H groups in total. The minimum atomic E-state index is 0.0284. The van der Waals surface area contributed by atoms with E-state index in [4.69, 9.17) is 11.6 Å². The highest BCUT2D eigenvalue weighted by molar-refractivity contribution is 6.31. The normalized spacial score (nSPS) is 12.3. The van der Waals surface area contributed by atoms with Crippen LogP contribution in [0.25, 0.3) is 0 Å². The predicted octanol–water partition coefficient (Wildman–Crippen LogP) is 2.77. The molecule has 0 saturated heterocycles. The quantitative estimate of drug-likeness (QED) is 0.712. The molecule has 0 saturated carbocycles. The summed E-state index contributed by atoms with van der Waals surface area (Å²) < 4.78 is 2.06. The fourth-order valence-electron chi connectivity index (χ4n) is 2.32. The first-order chi connectivity index (χ1) is 9.38. The van der Waals surface area contributed by atoms with E-state index in [2.05, 4.69) is 54.9 Å². The first-order valence-corrected chi connectivity index (χ1v) is 7.83.